The Morgan fingerprint density at radius 2 is 2.04 bits per heavy atom. The van der Waals surface area contributed by atoms with Gasteiger partial charge in [-0.3, -0.25) is 4.79 Å². The quantitative estimate of drug-likeness (QED) is 0.718. The molecule has 7 nitrogen and oxygen atoms in total. The van der Waals surface area contributed by atoms with Gasteiger partial charge in [0.25, 0.3) is 5.91 Å². The van der Waals surface area contributed by atoms with E-state index in [-0.39, 0.29) is 24.7 Å². The second-order valence-electron chi connectivity index (χ2n) is 5.71. The molecule has 0 bridgehead atoms. The SMILES string of the molecule is Cc1nc(COc2ccccc2C(=O)OCC(=O)N2CCOCC2)cs1. The van der Waals surface area contributed by atoms with Crippen LogP contribution in [0.2, 0.25) is 0 Å². The first-order valence-corrected chi connectivity index (χ1v) is 9.17. The van der Waals surface area contributed by atoms with Gasteiger partial charge < -0.3 is 19.1 Å². The predicted octanol–water partition coefficient (Wildman–Crippen LogP) is 2.05. The van der Waals surface area contributed by atoms with E-state index in [0.29, 0.717) is 32.1 Å². The van der Waals surface area contributed by atoms with Crippen LogP contribution in [0.4, 0.5) is 0 Å². The van der Waals surface area contributed by atoms with Gasteiger partial charge in [-0.15, -0.1) is 11.3 Å². The van der Waals surface area contributed by atoms with Crippen LogP contribution < -0.4 is 4.74 Å². The Morgan fingerprint density at radius 3 is 2.77 bits per heavy atom. The van der Waals surface area contributed by atoms with E-state index in [0.717, 1.165) is 10.7 Å². The molecule has 1 aliphatic heterocycles. The van der Waals surface area contributed by atoms with Gasteiger partial charge in [-0.25, -0.2) is 9.78 Å². The summed E-state index contributed by atoms with van der Waals surface area (Å²) in [6, 6.07) is 6.81. The number of esters is 1. The lowest BCUT2D eigenvalue weighted by Gasteiger charge is -2.26. The summed E-state index contributed by atoms with van der Waals surface area (Å²) >= 11 is 1.54. The molecule has 1 saturated heterocycles. The van der Waals surface area contributed by atoms with Crippen molar-refractivity contribution in [3.8, 4) is 5.75 Å². The number of rotatable bonds is 6. The molecule has 138 valence electrons. The van der Waals surface area contributed by atoms with Gasteiger partial charge >= 0.3 is 5.97 Å². The van der Waals surface area contributed by atoms with Gasteiger partial charge in [0, 0.05) is 18.5 Å². The highest BCUT2D eigenvalue weighted by molar-refractivity contribution is 7.09. The van der Waals surface area contributed by atoms with Crippen molar-refractivity contribution in [2.45, 2.75) is 13.5 Å². The molecule has 0 radical (unpaired) electrons. The first-order chi connectivity index (χ1) is 12.6. The van der Waals surface area contributed by atoms with Gasteiger partial charge in [-0.2, -0.15) is 0 Å². The number of nitrogens with zero attached hydrogens (tertiary/aromatic N) is 2. The van der Waals surface area contributed by atoms with Crippen LogP contribution in [0.3, 0.4) is 0 Å². The van der Waals surface area contributed by atoms with Gasteiger partial charge in [0.2, 0.25) is 0 Å². The van der Waals surface area contributed by atoms with E-state index in [2.05, 4.69) is 4.98 Å². The maximum atomic E-state index is 12.4. The lowest BCUT2D eigenvalue weighted by molar-refractivity contribution is -0.138. The largest absolute Gasteiger partial charge is 0.486 e. The van der Waals surface area contributed by atoms with Crippen LogP contribution in [0, 0.1) is 6.92 Å². The Labute approximate surface area is 155 Å². The topological polar surface area (TPSA) is 78.0 Å². The van der Waals surface area contributed by atoms with E-state index in [1.54, 1.807) is 40.5 Å². The standard InChI is InChI=1S/C18H20N2O5S/c1-13-19-14(12-26-13)10-24-16-5-3-2-4-15(16)18(22)25-11-17(21)20-6-8-23-9-7-20/h2-5,12H,6-11H2,1H3. The first-order valence-electron chi connectivity index (χ1n) is 8.29. The fourth-order valence-electron chi connectivity index (χ4n) is 2.50. The van der Waals surface area contributed by atoms with E-state index in [1.807, 2.05) is 12.3 Å². The molecule has 0 N–H and O–H groups in total. The van der Waals surface area contributed by atoms with Gasteiger partial charge in [0.05, 0.1) is 23.9 Å². The fourth-order valence-corrected chi connectivity index (χ4v) is 3.09. The number of thiazole rings is 1. The third kappa shape index (κ3) is 4.80. The van der Waals surface area contributed by atoms with E-state index in [1.165, 1.54) is 0 Å². The molecule has 0 spiro atoms. The second-order valence-corrected chi connectivity index (χ2v) is 6.77. The minimum absolute atomic E-state index is 0.224. The molecule has 2 heterocycles. The van der Waals surface area contributed by atoms with Gasteiger partial charge in [-0.1, -0.05) is 12.1 Å². The summed E-state index contributed by atoms with van der Waals surface area (Å²) in [4.78, 5) is 30.4. The van der Waals surface area contributed by atoms with Gasteiger partial charge in [0.15, 0.2) is 6.61 Å². The molecule has 1 aromatic heterocycles. The smallest absolute Gasteiger partial charge is 0.342 e. The number of aromatic nitrogens is 1. The number of carbonyl (C=O) groups is 2. The average Bonchev–Trinajstić information content (AvgIpc) is 3.10. The van der Waals surface area contributed by atoms with E-state index >= 15 is 0 Å². The minimum Gasteiger partial charge on any atom is -0.486 e. The first kappa shape index (κ1) is 18.3. The molecule has 3 rings (SSSR count). The molecule has 0 saturated carbocycles. The Hall–Kier alpha value is -2.45. The number of aryl methyl sites for hydroxylation is 1. The Balaban J connectivity index is 1.57. The Bertz CT molecular complexity index is 770. The van der Waals surface area contributed by atoms with Crippen molar-refractivity contribution in [3.05, 3.63) is 45.9 Å². The molecule has 0 aliphatic carbocycles. The molecule has 1 aromatic carbocycles. The molecular weight excluding hydrogens is 356 g/mol. The monoisotopic (exact) mass is 376 g/mol. The van der Waals surface area contributed by atoms with Crippen LogP contribution in [-0.4, -0.2) is 54.7 Å². The predicted molar refractivity (Wildman–Crippen MR) is 95.3 cm³/mol. The Morgan fingerprint density at radius 1 is 1.27 bits per heavy atom. The lowest BCUT2D eigenvalue weighted by Crippen LogP contribution is -2.42. The van der Waals surface area contributed by atoms with Crippen LogP contribution in [-0.2, 0) is 20.9 Å². The normalized spacial score (nSPS) is 14.1. The van der Waals surface area contributed by atoms with Crippen molar-refractivity contribution >= 4 is 23.2 Å². The summed E-state index contributed by atoms with van der Waals surface area (Å²) in [6.45, 7) is 3.94. The minimum atomic E-state index is -0.586. The molecule has 0 unspecified atom stereocenters. The zero-order chi connectivity index (χ0) is 18.4. The van der Waals surface area contributed by atoms with E-state index in [4.69, 9.17) is 14.2 Å². The molecule has 0 atom stereocenters. The van der Waals surface area contributed by atoms with Crippen molar-refractivity contribution in [1.29, 1.82) is 0 Å². The van der Waals surface area contributed by atoms with E-state index in [9.17, 15) is 9.59 Å². The molecule has 8 heteroatoms. The number of ether oxygens (including phenoxy) is 3. The highest BCUT2D eigenvalue weighted by atomic mass is 32.1. The number of hydrogen-bond acceptors (Lipinski definition) is 7. The molecule has 2 aromatic rings. The number of benzene rings is 1. The maximum Gasteiger partial charge on any atom is 0.342 e. The van der Waals surface area contributed by atoms with Crippen LogP contribution in [0.25, 0.3) is 0 Å². The second kappa shape index (κ2) is 8.77. The van der Waals surface area contributed by atoms with Crippen LogP contribution >= 0.6 is 11.3 Å². The van der Waals surface area contributed by atoms with Crippen molar-refractivity contribution in [2.75, 3.05) is 32.9 Å². The number of carbonyl (C=O) groups excluding carboxylic acids is 2. The number of hydrogen-bond donors (Lipinski definition) is 0. The van der Waals surface area contributed by atoms with Crippen molar-refractivity contribution in [1.82, 2.24) is 9.88 Å². The summed E-state index contributed by atoms with van der Waals surface area (Å²) < 4.78 is 16.1. The average molecular weight is 376 g/mol. The highest BCUT2D eigenvalue weighted by Crippen LogP contribution is 2.21. The third-order valence-electron chi connectivity index (χ3n) is 3.84. The summed E-state index contributed by atoms with van der Waals surface area (Å²) in [5, 5.41) is 2.87. The maximum absolute atomic E-state index is 12.4. The van der Waals surface area contributed by atoms with Crippen molar-refractivity contribution < 1.29 is 23.8 Å². The third-order valence-corrected chi connectivity index (χ3v) is 4.66. The number of amides is 1. The van der Waals surface area contributed by atoms with Gasteiger partial charge in [-0.05, 0) is 19.1 Å². The van der Waals surface area contributed by atoms with Crippen molar-refractivity contribution in [2.24, 2.45) is 0 Å². The van der Waals surface area contributed by atoms with Crippen LogP contribution in [0.1, 0.15) is 21.1 Å². The Kier molecular flexibility index (Phi) is 6.19. The molecule has 1 fully saturated rings. The molecule has 1 aliphatic rings. The molecule has 1 amide bonds. The van der Waals surface area contributed by atoms with Gasteiger partial charge in [0.1, 0.15) is 17.9 Å². The number of morpholine rings is 1. The van der Waals surface area contributed by atoms with E-state index < -0.39 is 5.97 Å². The zero-order valence-electron chi connectivity index (χ0n) is 14.5. The molecular formula is C18H20N2O5S. The van der Waals surface area contributed by atoms with Crippen LogP contribution in [0.5, 0.6) is 5.75 Å². The van der Waals surface area contributed by atoms with Crippen LogP contribution in [0.15, 0.2) is 29.6 Å². The number of para-hydroxylation sites is 1. The summed E-state index contributed by atoms with van der Waals surface area (Å²) in [5.41, 5.74) is 1.09. The lowest BCUT2D eigenvalue weighted by atomic mass is 10.2. The van der Waals surface area contributed by atoms with Crippen molar-refractivity contribution in [3.63, 3.8) is 0 Å². The molecule has 26 heavy (non-hydrogen) atoms. The highest BCUT2D eigenvalue weighted by Gasteiger charge is 2.20. The zero-order valence-corrected chi connectivity index (χ0v) is 15.3. The summed E-state index contributed by atoms with van der Waals surface area (Å²) in [7, 11) is 0. The fraction of sp³-hybridized carbons (Fsp3) is 0.389. The summed E-state index contributed by atoms with van der Waals surface area (Å²) in [5.74, 6) is -0.406. The summed E-state index contributed by atoms with van der Waals surface area (Å²) in [6.07, 6.45) is 0.